The monoisotopic (exact) mass is 386 g/mol. The van der Waals surface area contributed by atoms with E-state index in [0.717, 1.165) is 21.9 Å². The molecule has 3 aromatic rings. The summed E-state index contributed by atoms with van der Waals surface area (Å²) >= 11 is 1.40. The zero-order valence-corrected chi connectivity index (χ0v) is 16.3. The normalized spacial score (nSPS) is 12.0. The van der Waals surface area contributed by atoms with E-state index in [2.05, 4.69) is 20.3 Å². The van der Waals surface area contributed by atoms with Crippen molar-refractivity contribution in [1.82, 2.24) is 20.3 Å². The van der Waals surface area contributed by atoms with Crippen molar-refractivity contribution in [3.05, 3.63) is 52.8 Å². The third-order valence-corrected chi connectivity index (χ3v) is 5.19. The van der Waals surface area contributed by atoms with Gasteiger partial charge in [0.1, 0.15) is 17.7 Å². The highest BCUT2D eigenvalue weighted by Crippen LogP contribution is 2.31. The second-order valence-corrected chi connectivity index (χ2v) is 6.75. The molecule has 0 aliphatic rings. The minimum Gasteiger partial charge on any atom is -0.497 e. The number of aliphatic hydroxyl groups excluding tert-OH is 1. The Morgan fingerprint density at radius 1 is 1.19 bits per heavy atom. The van der Waals surface area contributed by atoms with Crippen molar-refractivity contribution >= 4 is 11.3 Å². The van der Waals surface area contributed by atoms with E-state index in [-0.39, 0.29) is 0 Å². The molecule has 0 amide bonds. The molecule has 27 heavy (non-hydrogen) atoms. The van der Waals surface area contributed by atoms with Gasteiger partial charge in [0.25, 0.3) is 0 Å². The van der Waals surface area contributed by atoms with Gasteiger partial charge in [-0.25, -0.2) is 15.0 Å². The van der Waals surface area contributed by atoms with Crippen LogP contribution < -0.4 is 14.8 Å². The van der Waals surface area contributed by atoms with Crippen LogP contribution in [0.2, 0.25) is 0 Å². The lowest BCUT2D eigenvalue weighted by molar-refractivity contribution is 0.139. The van der Waals surface area contributed by atoms with E-state index in [9.17, 15) is 5.11 Å². The summed E-state index contributed by atoms with van der Waals surface area (Å²) in [5.41, 5.74) is 1.76. The largest absolute Gasteiger partial charge is 0.497 e. The molecular formula is C19H22N4O3S. The highest BCUT2D eigenvalue weighted by Gasteiger charge is 2.19. The summed E-state index contributed by atoms with van der Waals surface area (Å²) < 4.78 is 10.6. The number of benzene rings is 1. The fourth-order valence-corrected chi connectivity index (χ4v) is 3.70. The molecule has 0 saturated heterocycles. The van der Waals surface area contributed by atoms with Gasteiger partial charge in [0, 0.05) is 30.6 Å². The molecule has 142 valence electrons. The summed E-state index contributed by atoms with van der Waals surface area (Å²) in [6, 6.07) is 7.35. The molecule has 3 rings (SSSR count). The Morgan fingerprint density at radius 2 is 1.96 bits per heavy atom. The number of aryl methyl sites for hydroxylation is 1. The van der Waals surface area contributed by atoms with Crippen LogP contribution in [0.5, 0.6) is 11.5 Å². The number of hydrogen-bond acceptors (Lipinski definition) is 8. The maximum Gasteiger partial charge on any atom is 0.188 e. The molecule has 1 unspecified atom stereocenters. The Kier molecular flexibility index (Phi) is 6.33. The van der Waals surface area contributed by atoms with E-state index >= 15 is 0 Å². The van der Waals surface area contributed by atoms with Crippen molar-refractivity contribution in [2.24, 2.45) is 0 Å². The molecule has 2 N–H and O–H groups in total. The molecule has 2 heterocycles. The zero-order valence-electron chi connectivity index (χ0n) is 15.5. The molecule has 0 saturated carbocycles. The van der Waals surface area contributed by atoms with Gasteiger partial charge in [-0.1, -0.05) is 13.0 Å². The Balaban J connectivity index is 1.76. The van der Waals surface area contributed by atoms with Gasteiger partial charge < -0.3 is 14.6 Å². The Hall–Kier alpha value is -2.55. The fraction of sp³-hybridized carbons (Fsp3) is 0.316. The molecular weight excluding hydrogens is 364 g/mol. The molecule has 7 nitrogen and oxygen atoms in total. The minimum absolute atomic E-state index is 0.437. The first-order valence-electron chi connectivity index (χ1n) is 8.55. The van der Waals surface area contributed by atoms with Gasteiger partial charge >= 0.3 is 0 Å². The number of nitrogens with one attached hydrogen (secondary N) is 1. The first-order valence-corrected chi connectivity index (χ1v) is 9.37. The molecule has 0 aliphatic heterocycles. The van der Waals surface area contributed by atoms with Crippen LogP contribution in [0, 0.1) is 0 Å². The number of ether oxygens (including phenoxy) is 2. The number of thiazole rings is 1. The predicted octanol–water partition coefficient (Wildman–Crippen LogP) is 2.96. The highest BCUT2D eigenvalue weighted by molar-refractivity contribution is 7.15. The van der Waals surface area contributed by atoms with Crippen molar-refractivity contribution in [1.29, 1.82) is 0 Å². The third kappa shape index (κ3) is 4.41. The lowest BCUT2D eigenvalue weighted by atomic mass is 10.2. The number of nitrogens with zero attached hydrogens (tertiary/aromatic N) is 3. The SMILES string of the molecule is CCc1nc(-c2ncccn2)sc1C(O)NCc1ccc(OC)cc1OC. The maximum absolute atomic E-state index is 10.7. The van der Waals surface area contributed by atoms with E-state index in [0.29, 0.717) is 29.5 Å². The molecule has 0 bridgehead atoms. The standard InChI is InChI=1S/C19H22N4O3S/c1-4-14-16(27-19(23-14)17-20-8-5-9-21-17)18(24)22-11-12-6-7-13(25-2)10-15(12)26-3/h5-10,18,22,24H,4,11H2,1-3H3. The molecule has 0 spiro atoms. The molecule has 2 aromatic heterocycles. The van der Waals surface area contributed by atoms with Gasteiger partial charge in [0.2, 0.25) is 0 Å². The third-order valence-electron chi connectivity index (χ3n) is 4.05. The Labute approximate surface area is 162 Å². The van der Waals surface area contributed by atoms with Crippen molar-refractivity contribution in [3.8, 4) is 22.3 Å². The quantitative estimate of drug-likeness (QED) is 0.575. The molecule has 0 aliphatic carbocycles. The molecule has 0 fully saturated rings. The van der Waals surface area contributed by atoms with E-state index in [1.54, 1.807) is 32.7 Å². The first kappa shape index (κ1) is 19.2. The van der Waals surface area contributed by atoms with Crippen molar-refractivity contribution in [3.63, 3.8) is 0 Å². The van der Waals surface area contributed by atoms with Gasteiger partial charge in [-0.3, -0.25) is 5.32 Å². The van der Waals surface area contributed by atoms with Crippen molar-refractivity contribution < 1.29 is 14.6 Å². The van der Waals surface area contributed by atoms with Crippen LogP contribution >= 0.6 is 11.3 Å². The van der Waals surface area contributed by atoms with Crippen LogP contribution in [0.3, 0.4) is 0 Å². The van der Waals surface area contributed by atoms with E-state index < -0.39 is 6.23 Å². The molecule has 1 atom stereocenters. The average molecular weight is 386 g/mol. The fourth-order valence-electron chi connectivity index (χ4n) is 2.63. The maximum atomic E-state index is 10.7. The molecule has 1 aromatic carbocycles. The zero-order chi connectivity index (χ0) is 19.2. The minimum atomic E-state index is -0.846. The van der Waals surface area contributed by atoms with Crippen LogP contribution in [-0.2, 0) is 13.0 Å². The summed E-state index contributed by atoms with van der Waals surface area (Å²) in [5, 5.41) is 14.5. The van der Waals surface area contributed by atoms with Gasteiger partial charge in [0.15, 0.2) is 10.8 Å². The van der Waals surface area contributed by atoms with Gasteiger partial charge in [-0.2, -0.15) is 0 Å². The van der Waals surface area contributed by atoms with Gasteiger partial charge in [0.05, 0.1) is 24.8 Å². The predicted molar refractivity (Wildman–Crippen MR) is 104 cm³/mol. The van der Waals surface area contributed by atoms with E-state index in [1.807, 2.05) is 25.1 Å². The summed E-state index contributed by atoms with van der Waals surface area (Å²) in [4.78, 5) is 13.8. The number of hydrogen-bond donors (Lipinski definition) is 2. The number of aliphatic hydroxyl groups is 1. The van der Waals surface area contributed by atoms with Crippen LogP contribution in [0.1, 0.15) is 29.3 Å². The number of aromatic nitrogens is 3. The Morgan fingerprint density at radius 3 is 2.63 bits per heavy atom. The first-order chi connectivity index (χ1) is 13.2. The second kappa shape index (κ2) is 8.90. The van der Waals surface area contributed by atoms with Crippen LogP contribution in [0.4, 0.5) is 0 Å². The molecule has 0 radical (unpaired) electrons. The summed E-state index contributed by atoms with van der Waals surface area (Å²) in [6.07, 6.45) is 3.23. The second-order valence-electron chi connectivity index (χ2n) is 5.72. The Bertz CT molecular complexity index is 886. The summed E-state index contributed by atoms with van der Waals surface area (Å²) in [7, 11) is 3.22. The van der Waals surface area contributed by atoms with Gasteiger partial charge in [-0.15, -0.1) is 11.3 Å². The smallest absolute Gasteiger partial charge is 0.188 e. The number of methoxy groups -OCH3 is 2. The van der Waals surface area contributed by atoms with E-state index in [4.69, 9.17) is 9.47 Å². The highest BCUT2D eigenvalue weighted by atomic mass is 32.1. The van der Waals surface area contributed by atoms with Crippen molar-refractivity contribution in [2.75, 3.05) is 14.2 Å². The summed E-state index contributed by atoms with van der Waals surface area (Å²) in [6.45, 7) is 2.44. The van der Waals surface area contributed by atoms with E-state index in [1.165, 1.54) is 11.3 Å². The van der Waals surface area contributed by atoms with Crippen molar-refractivity contribution in [2.45, 2.75) is 26.1 Å². The van der Waals surface area contributed by atoms with Crippen LogP contribution in [-0.4, -0.2) is 34.3 Å². The van der Waals surface area contributed by atoms with Crippen LogP contribution in [0.15, 0.2) is 36.7 Å². The lowest BCUT2D eigenvalue weighted by Gasteiger charge is -2.15. The topological polar surface area (TPSA) is 89.4 Å². The summed E-state index contributed by atoms with van der Waals surface area (Å²) in [5.74, 6) is 1.99. The number of rotatable bonds is 8. The van der Waals surface area contributed by atoms with Crippen LogP contribution in [0.25, 0.3) is 10.8 Å². The van der Waals surface area contributed by atoms with Gasteiger partial charge in [-0.05, 0) is 18.6 Å². The average Bonchev–Trinajstić information content (AvgIpc) is 3.17. The molecule has 8 heteroatoms. The lowest BCUT2D eigenvalue weighted by Crippen LogP contribution is -2.20.